The van der Waals surface area contributed by atoms with Gasteiger partial charge in [-0.15, -0.1) is 0 Å². The third kappa shape index (κ3) is 4.76. The van der Waals surface area contributed by atoms with Crippen molar-refractivity contribution in [2.24, 2.45) is 4.99 Å². The van der Waals surface area contributed by atoms with Crippen molar-refractivity contribution in [3.63, 3.8) is 0 Å². The zero-order chi connectivity index (χ0) is 20.1. The number of guanidine groups is 1. The molecular formula is C21H27FN6O. The lowest BCUT2D eigenvalue weighted by Crippen LogP contribution is -2.52. The Kier molecular flexibility index (Phi) is 6.09. The van der Waals surface area contributed by atoms with Crippen molar-refractivity contribution in [3.05, 3.63) is 53.8 Å². The van der Waals surface area contributed by atoms with Crippen molar-refractivity contribution < 1.29 is 8.91 Å². The van der Waals surface area contributed by atoms with E-state index in [9.17, 15) is 4.39 Å². The maximum absolute atomic E-state index is 13.4. The van der Waals surface area contributed by atoms with E-state index >= 15 is 0 Å². The Labute approximate surface area is 169 Å². The van der Waals surface area contributed by atoms with E-state index in [0.717, 1.165) is 73.8 Å². The summed E-state index contributed by atoms with van der Waals surface area (Å²) in [5.41, 5.74) is 2.97. The summed E-state index contributed by atoms with van der Waals surface area (Å²) in [5, 5.41) is 8.47. The normalized spacial score (nSPS) is 15.9. The van der Waals surface area contributed by atoms with Crippen molar-refractivity contribution in [1.29, 1.82) is 0 Å². The third-order valence-electron chi connectivity index (χ3n) is 5.26. The second-order valence-corrected chi connectivity index (χ2v) is 7.24. The Morgan fingerprint density at radius 1 is 1.28 bits per heavy atom. The summed E-state index contributed by atoms with van der Waals surface area (Å²) < 4.78 is 18.3. The van der Waals surface area contributed by atoms with Crippen LogP contribution in [0.25, 0.3) is 10.9 Å². The first-order valence-corrected chi connectivity index (χ1v) is 10.1. The summed E-state index contributed by atoms with van der Waals surface area (Å²) in [7, 11) is 0. The van der Waals surface area contributed by atoms with Gasteiger partial charge in [-0.3, -0.25) is 9.89 Å². The molecule has 1 aliphatic rings. The first-order valence-electron chi connectivity index (χ1n) is 10.1. The van der Waals surface area contributed by atoms with E-state index in [1.165, 1.54) is 12.1 Å². The first-order chi connectivity index (χ1) is 14.2. The largest absolute Gasteiger partial charge is 0.364 e. The number of fused-ring (bicyclic) bond motifs is 1. The molecule has 0 atom stereocenters. The van der Waals surface area contributed by atoms with E-state index in [-0.39, 0.29) is 5.82 Å². The van der Waals surface area contributed by atoms with Crippen molar-refractivity contribution >= 4 is 16.9 Å². The Morgan fingerprint density at radius 3 is 2.90 bits per heavy atom. The number of nitrogens with zero attached hydrogens (tertiary/aromatic N) is 4. The molecule has 2 aromatic heterocycles. The summed E-state index contributed by atoms with van der Waals surface area (Å²) in [6.07, 6.45) is 4.38. The van der Waals surface area contributed by atoms with Crippen molar-refractivity contribution in [2.45, 2.75) is 19.9 Å². The van der Waals surface area contributed by atoms with Crippen LogP contribution in [0, 0.1) is 5.82 Å². The second kappa shape index (κ2) is 9.09. The Bertz CT molecular complexity index is 943. The second-order valence-electron chi connectivity index (χ2n) is 7.24. The van der Waals surface area contributed by atoms with Crippen LogP contribution >= 0.6 is 0 Å². The maximum atomic E-state index is 13.4. The van der Waals surface area contributed by atoms with Crippen LogP contribution in [0.4, 0.5) is 4.39 Å². The number of halogens is 1. The molecule has 8 heteroatoms. The van der Waals surface area contributed by atoms with E-state index < -0.39 is 0 Å². The number of aromatic amines is 1. The predicted molar refractivity (Wildman–Crippen MR) is 111 cm³/mol. The van der Waals surface area contributed by atoms with E-state index in [0.29, 0.717) is 6.54 Å². The topological polar surface area (TPSA) is 72.7 Å². The number of piperazine rings is 1. The lowest BCUT2D eigenvalue weighted by molar-refractivity contribution is 0.169. The van der Waals surface area contributed by atoms with E-state index in [1.54, 1.807) is 6.26 Å². The highest BCUT2D eigenvalue weighted by Gasteiger charge is 2.20. The molecule has 0 amide bonds. The van der Waals surface area contributed by atoms with Crippen LogP contribution in [0.3, 0.4) is 0 Å². The molecule has 2 N–H and O–H groups in total. The summed E-state index contributed by atoms with van der Waals surface area (Å²) in [5.74, 6) is 0.737. The molecular weight excluding hydrogens is 371 g/mol. The minimum atomic E-state index is -0.221. The molecule has 1 fully saturated rings. The summed E-state index contributed by atoms with van der Waals surface area (Å²) >= 11 is 0. The first kappa shape index (κ1) is 19.4. The summed E-state index contributed by atoms with van der Waals surface area (Å²) in [4.78, 5) is 12.7. The minimum absolute atomic E-state index is 0.221. The molecule has 0 unspecified atom stereocenters. The average Bonchev–Trinajstić information content (AvgIpc) is 3.38. The Morgan fingerprint density at radius 2 is 2.14 bits per heavy atom. The fraction of sp³-hybridized carbons (Fsp3) is 0.429. The van der Waals surface area contributed by atoms with Crippen LogP contribution in [0.1, 0.15) is 18.2 Å². The lowest BCUT2D eigenvalue weighted by Gasteiger charge is -2.36. The predicted octanol–water partition coefficient (Wildman–Crippen LogP) is 2.62. The van der Waals surface area contributed by atoms with Gasteiger partial charge in [-0.1, -0.05) is 5.16 Å². The van der Waals surface area contributed by atoms with Gasteiger partial charge in [0.25, 0.3) is 0 Å². The van der Waals surface area contributed by atoms with Gasteiger partial charge in [0, 0.05) is 69.0 Å². The molecule has 1 aromatic carbocycles. The molecule has 7 nitrogen and oxygen atoms in total. The number of hydrogen-bond acceptors (Lipinski definition) is 4. The van der Waals surface area contributed by atoms with Gasteiger partial charge < -0.3 is 19.7 Å². The van der Waals surface area contributed by atoms with Crippen LogP contribution < -0.4 is 5.32 Å². The number of benzene rings is 1. The zero-order valence-corrected chi connectivity index (χ0v) is 16.7. The molecule has 1 aliphatic heterocycles. The highest BCUT2D eigenvalue weighted by molar-refractivity contribution is 5.83. The van der Waals surface area contributed by atoms with Crippen LogP contribution in [-0.2, 0) is 13.0 Å². The van der Waals surface area contributed by atoms with Gasteiger partial charge in [0.05, 0.1) is 5.69 Å². The van der Waals surface area contributed by atoms with Gasteiger partial charge in [-0.2, -0.15) is 0 Å². The number of H-pyrrole nitrogens is 1. The van der Waals surface area contributed by atoms with Gasteiger partial charge in [-0.05, 0) is 37.1 Å². The quantitative estimate of drug-likeness (QED) is 0.493. The van der Waals surface area contributed by atoms with Crippen LogP contribution in [-0.4, -0.2) is 65.2 Å². The molecule has 0 bridgehead atoms. The zero-order valence-electron chi connectivity index (χ0n) is 16.7. The van der Waals surface area contributed by atoms with Gasteiger partial charge in [0.1, 0.15) is 12.1 Å². The fourth-order valence-electron chi connectivity index (χ4n) is 3.74. The van der Waals surface area contributed by atoms with Crippen LogP contribution in [0.15, 0.2) is 46.2 Å². The van der Waals surface area contributed by atoms with Gasteiger partial charge in [0.2, 0.25) is 0 Å². The number of aliphatic imine (C=N–C) groups is 1. The molecule has 3 heterocycles. The standard InChI is InChI=1S/C21H27FN6O/c1-2-23-21(28-10-8-27(9-11-28)15-18-6-12-29-26-18)24-7-5-16-14-25-20-13-17(22)3-4-19(16)20/h3-4,6,12-14,25H,2,5,7-11,15H2,1H3,(H,23,24). The maximum Gasteiger partial charge on any atom is 0.194 e. The number of rotatable bonds is 6. The van der Waals surface area contributed by atoms with Gasteiger partial charge in [0.15, 0.2) is 5.96 Å². The lowest BCUT2D eigenvalue weighted by atomic mass is 10.1. The molecule has 29 heavy (non-hydrogen) atoms. The summed E-state index contributed by atoms with van der Waals surface area (Å²) in [6.45, 7) is 8.21. The van der Waals surface area contributed by atoms with Crippen LogP contribution in [0.2, 0.25) is 0 Å². The average molecular weight is 398 g/mol. The number of hydrogen-bond donors (Lipinski definition) is 2. The van der Waals surface area contributed by atoms with Crippen molar-refractivity contribution in [2.75, 3.05) is 39.3 Å². The van der Waals surface area contributed by atoms with Gasteiger partial charge >= 0.3 is 0 Å². The van der Waals surface area contributed by atoms with E-state index in [2.05, 4.69) is 32.2 Å². The molecule has 0 spiro atoms. The highest BCUT2D eigenvalue weighted by atomic mass is 19.1. The SMILES string of the molecule is CCNC(=NCCc1c[nH]c2cc(F)ccc12)N1CCN(Cc2ccon2)CC1. The van der Waals surface area contributed by atoms with E-state index in [4.69, 9.17) is 9.52 Å². The number of aromatic nitrogens is 2. The molecule has 4 rings (SSSR count). The molecule has 1 saturated heterocycles. The molecule has 0 saturated carbocycles. The summed E-state index contributed by atoms with van der Waals surface area (Å²) in [6, 6.07) is 6.78. The Balaban J connectivity index is 1.34. The van der Waals surface area contributed by atoms with Crippen LogP contribution in [0.5, 0.6) is 0 Å². The van der Waals surface area contributed by atoms with Crippen molar-refractivity contribution in [3.8, 4) is 0 Å². The number of nitrogens with one attached hydrogen (secondary N) is 2. The molecule has 154 valence electrons. The highest BCUT2D eigenvalue weighted by Crippen LogP contribution is 2.19. The smallest absolute Gasteiger partial charge is 0.194 e. The minimum Gasteiger partial charge on any atom is -0.364 e. The van der Waals surface area contributed by atoms with E-state index in [1.807, 2.05) is 18.3 Å². The van der Waals surface area contributed by atoms with Gasteiger partial charge in [-0.25, -0.2) is 4.39 Å². The Hall–Kier alpha value is -2.87. The molecule has 3 aromatic rings. The van der Waals surface area contributed by atoms with Crippen molar-refractivity contribution in [1.82, 2.24) is 25.3 Å². The molecule has 0 radical (unpaired) electrons. The fourth-order valence-corrected chi connectivity index (χ4v) is 3.74. The monoisotopic (exact) mass is 398 g/mol. The third-order valence-corrected chi connectivity index (χ3v) is 5.26. The molecule has 0 aliphatic carbocycles.